The molecule has 0 spiro atoms. The summed E-state index contributed by atoms with van der Waals surface area (Å²) in [7, 11) is -0.883. The van der Waals surface area contributed by atoms with Crippen LogP contribution in [-0.4, -0.2) is 31.4 Å². The van der Waals surface area contributed by atoms with Gasteiger partial charge in [-0.25, -0.2) is 0 Å². The second-order valence-corrected chi connectivity index (χ2v) is 9.59. The fraction of sp³-hybridized carbons (Fsp3) is 0.240. The van der Waals surface area contributed by atoms with Gasteiger partial charge >= 0.3 is 0 Å². The smallest absolute Gasteiger partial charge is 0.248 e. The van der Waals surface area contributed by atoms with Gasteiger partial charge in [-0.2, -0.15) is 0 Å². The molecule has 0 amide bonds. The molecule has 0 aromatic heterocycles. The Morgan fingerprint density at radius 2 is 1.31 bits per heavy atom. The van der Waals surface area contributed by atoms with Crippen LogP contribution in [0.4, 0.5) is 17.1 Å². The Hall–Kier alpha value is -2.66. The molecule has 5 nitrogen and oxygen atoms in total. The van der Waals surface area contributed by atoms with E-state index in [-0.39, 0.29) is 0 Å². The van der Waals surface area contributed by atoms with E-state index in [2.05, 4.69) is 80.6 Å². The van der Waals surface area contributed by atoms with Crippen LogP contribution in [0, 0.1) is 0 Å². The molecule has 0 saturated carbocycles. The molecule has 0 atom stereocenters. The van der Waals surface area contributed by atoms with Crippen LogP contribution >= 0.6 is 20.7 Å². The lowest BCUT2D eigenvalue weighted by Crippen LogP contribution is -2.29. The summed E-state index contributed by atoms with van der Waals surface area (Å²) < 4.78 is 11.3. The van der Waals surface area contributed by atoms with Gasteiger partial charge in [0, 0.05) is 36.7 Å². The average Bonchev–Trinajstić information content (AvgIpc) is 3.27. The van der Waals surface area contributed by atoms with Crippen molar-refractivity contribution in [3.05, 3.63) is 91.0 Å². The molecule has 2 N–H and O–H groups in total. The van der Waals surface area contributed by atoms with Crippen LogP contribution in [0.2, 0.25) is 0 Å². The Labute approximate surface area is 197 Å². The first-order chi connectivity index (χ1) is 15.8. The summed E-state index contributed by atoms with van der Waals surface area (Å²) in [6.07, 6.45) is 1.97. The number of nitrogens with one attached hydrogen (secondary N) is 2. The van der Waals surface area contributed by atoms with E-state index in [1.54, 1.807) is 0 Å². The molecule has 0 bridgehead atoms. The molecule has 0 radical (unpaired) electrons. The number of benzene rings is 3. The van der Waals surface area contributed by atoms with Crippen molar-refractivity contribution in [2.24, 2.45) is 0 Å². The summed E-state index contributed by atoms with van der Waals surface area (Å²) in [5, 5.41) is 7.14. The van der Waals surface area contributed by atoms with Gasteiger partial charge in [0.05, 0.1) is 6.61 Å². The Morgan fingerprint density at radius 3 is 1.88 bits per heavy atom. The van der Waals surface area contributed by atoms with Crippen molar-refractivity contribution in [2.75, 3.05) is 40.9 Å². The van der Waals surface area contributed by atoms with Crippen LogP contribution in [0.25, 0.3) is 0 Å². The van der Waals surface area contributed by atoms with Gasteiger partial charge in [0.25, 0.3) is 0 Å². The molecule has 166 valence electrons. The van der Waals surface area contributed by atoms with E-state index in [0.29, 0.717) is 5.11 Å². The summed E-state index contributed by atoms with van der Waals surface area (Å²) in [6.45, 7) is 3.47. The van der Waals surface area contributed by atoms with Crippen molar-refractivity contribution < 1.29 is 4.52 Å². The molecular formula is C25H29N4OPS. The standard InChI is InChI=1S/C25H29N4OPS/c32-25(27-22-12-4-1-5-13-22)26-18-10-11-21-30-31-28(23-14-6-2-7-15-23)19-20-29(31)24-16-8-3-9-17-24/h1-9,12-17H,10-11,18-21H2,(H2,26,27,32). The third-order valence-corrected chi connectivity index (χ3v) is 7.49. The monoisotopic (exact) mass is 464 g/mol. The maximum absolute atomic E-state index is 6.48. The lowest BCUT2D eigenvalue weighted by Gasteiger charge is -2.30. The van der Waals surface area contributed by atoms with E-state index in [0.717, 1.165) is 44.8 Å². The summed E-state index contributed by atoms with van der Waals surface area (Å²) >= 11 is 5.38. The number of nitrogens with zero attached hydrogens (tertiary/aromatic N) is 2. The average molecular weight is 465 g/mol. The van der Waals surface area contributed by atoms with Crippen molar-refractivity contribution in [3.8, 4) is 0 Å². The largest absolute Gasteiger partial charge is 0.362 e. The Kier molecular flexibility index (Phi) is 8.32. The zero-order chi connectivity index (χ0) is 22.0. The van der Waals surface area contributed by atoms with Crippen molar-refractivity contribution in [1.82, 2.24) is 5.32 Å². The molecule has 0 unspecified atom stereocenters. The van der Waals surface area contributed by atoms with Gasteiger partial charge in [0.2, 0.25) is 8.45 Å². The second-order valence-electron chi connectivity index (χ2n) is 7.46. The molecule has 3 aromatic rings. The van der Waals surface area contributed by atoms with Crippen LogP contribution in [-0.2, 0) is 4.52 Å². The van der Waals surface area contributed by atoms with Gasteiger partial charge in [0.15, 0.2) is 5.11 Å². The molecule has 4 rings (SSSR count). The van der Waals surface area contributed by atoms with E-state index < -0.39 is 8.45 Å². The highest BCUT2D eigenvalue weighted by molar-refractivity contribution is 7.80. The fourth-order valence-electron chi connectivity index (χ4n) is 3.56. The number of para-hydroxylation sites is 3. The first-order valence-corrected chi connectivity index (χ1v) is 12.6. The van der Waals surface area contributed by atoms with Gasteiger partial charge in [-0.15, -0.1) is 0 Å². The molecular weight excluding hydrogens is 435 g/mol. The predicted molar refractivity (Wildman–Crippen MR) is 140 cm³/mol. The van der Waals surface area contributed by atoms with E-state index in [1.165, 1.54) is 11.4 Å². The van der Waals surface area contributed by atoms with E-state index in [1.807, 2.05) is 30.3 Å². The third-order valence-electron chi connectivity index (χ3n) is 5.14. The molecule has 0 aliphatic carbocycles. The van der Waals surface area contributed by atoms with Crippen LogP contribution < -0.4 is 20.0 Å². The van der Waals surface area contributed by atoms with Crippen LogP contribution in [0.3, 0.4) is 0 Å². The molecule has 7 heteroatoms. The minimum Gasteiger partial charge on any atom is -0.362 e. The van der Waals surface area contributed by atoms with Crippen LogP contribution in [0.15, 0.2) is 91.0 Å². The number of thiocarbonyl (C=S) groups is 1. The first-order valence-electron chi connectivity index (χ1n) is 11.0. The molecule has 1 aliphatic rings. The number of anilines is 3. The quantitative estimate of drug-likeness (QED) is 0.229. The summed E-state index contributed by atoms with van der Waals surface area (Å²) in [5.41, 5.74) is 3.44. The highest BCUT2D eigenvalue weighted by Gasteiger charge is 2.34. The lowest BCUT2D eigenvalue weighted by atomic mass is 10.3. The van der Waals surface area contributed by atoms with Gasteiger partial charge in [-0.1, -0.05) is 54.6 Å². The maximum atomic E-state index is 6.48. The van der Waals surface area contributed by atoms with Crippen molar-refractivity contribution in [1.29, 1.82) is 0 Å². The number of hydrogen-bond acceptors (Lipinski definition) is 4. The van der Waals surface area contributed by atoms with Crippen LogP contribution in [0.5, 0.6) is 0 Å². The van der Waals surface area contributed by atoms with Gasteiger partial charge in [-0.05, 0) is 61.5 Å². The Morgan fingerprint density at radius 1 is 0.781 bits per heavy atom. The van der Waals surface area contributed by atoms with Crippen molar-refractivity contribution in [3.63, 3.8) is 0 Å². The predicted octanol–water partition coefficient (Wildman–Crippen LogP) is 6.02. The molecule has 1 heterocycles. The number of unbranched alkanes of at least 4 members (excludes halogenated alkanes) is 1. The van der Waals surface area contributed by atoms with E-state index in [4.69, 9.17) is 16.7 Å². The van der Waals surface area contributed by atoms with Gasteiger partial charge in [-0.3, -0.25) is 0 Å². The zero-order valence-corrected chi connectivity index (χ0v) is 19.8. The molecule has 32 heavy (non-hydrogen) atoms. The number of rotatable bonds is 9. The zero-order valence-electron chi connectivity index (χ0n) is 18.1. The third kappa shape index (κ3) is 6.19. The Balaban J connectivity index is 1.26. The summed E-state index contributed by atoms with van der Waals surface area (Å²) in [6, 6.07) is 31.1. The minimum atomic E-state index is -0.883. The highest BCUT2D eigenvalue weighted by atomic mass is 32.1. The normalized spacial score (nSPS) is 13.9. The molecule has 1 saturated heterocycles. The number of hydrogen-bond donors (Lipinski definition) is 2. The molecule has 1 fully saturated rings. The second kappa shape index (κ2) is 11.8. The van der Waals surface area contributed by atoms with Gasteiger partial charge in [0.1, 0.15) is 0 Å². The molecule has 3 aromatic carbocycles. The SMILES string of the molecule is S=C(NCCCCOP1N(c2ccccc2)CCN1c1ccccc1)Nc1ccccc1. The summed E-state index contributed by atoms with van der Waals surface area (Å²) in [5.74, 6) is 0. The maximum Gasteiger partial charge on any atom is 0.248 e. The van der Waals surface area contributed by atoms with Crippen molar-refractivity contribution >= 4 is 42.8 Å². The van der Waals surface area contributed by atoms with Crippen LogP contribution in [0.1, 0.15) is 12.8 Å². The van der Waals surface area contributed by atoms with E-state index >= 15 is 0 Å². The first kappa shape index (κ1) is 22.5. The minimum absolute atomic E-state index is 0.655. The molecule has 1 aliphatic heterocycles. The van der Waals surface area contributed by atoms with Crippen molar-refractivity contribution in [2.45, 2.75) is 12.8 Å². The lowest BCUT2D eigenvalue weighted by molar-refractivity contribution is 0.338. The summed E-state index contributed by atoms with van der Waals surface area (Å²) in [4.78, 5) is 0. The van der Waals surface area contributed by atoms with Gasteiger partial charge < -0.3 is 24.5 Å². The fourth-order valence-corrected chi connectivity index (χ4v) is 5.79. The topological polar surface area (TPSA) is 39.8 Å². The van der Waals surface area contributed by atoms with E-state index in [9.17, 15) is 0 Å². The Bertz CT molecular complexity index is 914. The highest BCUT2D eigenvalue weighted by Crippen LogP contribution is 2.53.